The molecule has 0 saturated heterocycles. The Bertz CT molecular complexity index is 855. The van der Waals surface area contributed by atoms with Gasteiger partial charge in [-0.25, -0.2) is 23.5 Å². The van der Waals surface area contributed by atoms with Crippen molar-refractivity contribution in [3.05, 3.63) is 45.9 Å². The Balaban J connectivity index is 2.01. The van der Waals surface area contributed by atoms with Gasteiger partial charge < -0.3 is 0 Å². The van der Waals surface area contributed by atoms with E-state index in [0.29, 0.717) is 5.71 Å². The van der Waals surface area contributed by atoms with E-state index >= 15 is 0 Å². The molecule has 1 amide bonds. The highest BCUT2D eigenvalue weighted by atomic mass is 32.2. The largest absolute Gasteiger partial charge is 0.273 e. The number of amides is 1. The molecule has 9 heteroatoms. The number of carbonyl (C=O) groups excluding carboxylic acids is 1. The van der Waals surface area contributed by atoms with Crippen LogP contribution in [0.15, 0.2) is 39.6 Å². The van der Waals surface area contributed by atoms with Gasteiger partial charge in [0.1, 0.15) is 5.01 Å². The predicted octanol–water partition coefficient (Wildman–Crippen LogP) is 1.44. The van der Waals surface area contributed by atoms with Gasteiger partial charge in [0.25, 0.3) is 0 Å². The van der Waals surface area contributed by atoms with Gasteiger partial charge in [-0.15, -0.1) is 11.3 Å². The maximum atomic E-state index is 11.8. The van der Waals surface area contributed by atoms with E-state index < -0.39 is 10.0 Å². The molecule has 1 heterocycles. The first kappa shape index (κ1) is 18.2. The third kappa shape index (κ3) is 4.70. The number of hydrogen-bond donors (Lipinski definition) is 2. The van der Waals surface area contributed by atoms with Gasteiger partial charge in [0.15, 0.2) is 0 Å². The minimum atomic E-state index is -3.46. The number of nitrogens with one attached hydrogen (secondary N) is 2. The molecule has 0 atom stereocenters. The molecule has 1 aromatic carbocycles. The monoisotopic (exact) mass is 366 g/mol. The van der Waals surface area contributed by atoms with Crippen molar-refractivity contribution in [1.82, 2.24) is 15.1 Å². The van der Waals surface area contributed by atoms with Crippen LogP contribution in [0, 0.1) is 6.92 Å². The Morgan fingerprint density at radius 1 is 1.29 bits per heavy atom. The Hall–Kier alpha value is -2.10. The zero-order valence-electron chi connectivity index (χ0n) is 13.5. The SMILES string of the molecule is CNS(=O)(=O)c1ccc(/C(C)=N\NC(=O)Cc2nc(C)cs2)cc1. The first-order valence-corrected chi connectivity index (χ1v) is 9.46. The van der Waals surface area contributed by atoms with Crippen LogP contribution in [-0.4, -0.2) is 32.1 Å². The Morgan fingerprint density at radius 3 is 2.50 bits per heavy atom. The number of hydrogen-bond acceptors (Lipinski definition) is 6. The molecule has 0 aliphatic carbocycles. The first-order valence-electron chi connectivity index (χ1n) is 7.10. The first-order chi connectivity index (χ1) is 11.3. The molecule has 0 fully saturated rings. The van der Waals surface area contributed by atoms with Crippen molar-refractivity contribution in [2.45, 2.75) is 25.2 Å². The van der Waals surface area contributed by atoms with Crippen LogP contribution in [-0.2, 0) is 21.2 Å². The standard InChI is InChI=1S/C15H18N4O3S2/c1-10-9-23-15(17-10)8-14(20)19-18-11(2)12-4-6-13(7-5-12)24(21,22)16-3/h4-7,9,16H,8H2,1-3H3,(H,19,20)/b18-11-. The van der Waals surface area contributed by atoms with Crippen LogP contribution in [0.5, 0.6) is 0 Å². The lowest BCUT2D eigenvalue weighted by Gasteiger charge is -2.05. The average Bonchev–Trinajstić information content (AvgIpc) is 2.97. The molecular weight excluding hydrogens is 348 g/mol. The molecule has 0 aliphatic heterocycles. The number of sulfonamides is 1. The summed E-state index contributed by atoms with van der Waals surface area (Å²) in [6.07, 6.45) is 0.175. The number of rotatable bonds is 6. The van der Waals surface area contributed by atoms with Gasteiger partial charge in [-0.2, -0.15) is 5.10 Å². The fourth-order valence-corrected chi connectivity index (χ4v) is 3.37. The van der Waals surface area contributed by atoms with Crippen LogP contribution in [0.3, 0.4) is 0 Å². The molecule has 2 aromatic rings. The number of hydrazone groups is 1. The summed E-state index contributed by atoms with van der Waals surface area (Å²) in [6, 6.07) is 6.25. The molecule has 1 aromatic heterocycles. The number of benzene rings is 1. The second-order valence-electron chi connectivity index (χ2n) is 5.02. The molecule has 2 rings (SSSR count). The van der Waals surface area contributed by atoms with Crippen molar-refractivity contribution in [1.29, 1.82) is 0 Å². The summed E-state index contributed by atoms with van der Waals surface area (Å²) < 4.78 is 25.6. The summed E-state index contributed by atoms with van der Waals surface area (Å²) >= 11 is 1.43. The van der Waals surface area contributed by atoms with E-state index in [2.05, 4.69) is 20.2 Å². The van der Waals surface area contributed by atoms with Crippen LogP contribution < -0.4 is 10.1 Å². The Labute approximate surface area is 144 Å². The highest BCUT2D eigenvalue weighted by Crippen LogP contribution is 2.11. The highest BCUT2D eigenvalue weighted by molar-refractivity contribution is 7.89. The number of carbonyl (C=O) groups is 1. The van der Waals surface area contributed by atoms with Gasteiger partial charge in [0.05, 0.1) is 17.0 Å². The minimum absolute atomic E-state index is 0.171. The van der Waals surface area contributed by atoms with Crippen molar-refractivity contribution < 1.29 is 13.2 Å². The van der Waals surface area contributed by atoms with E-state index in [1.807, 2.05) is 12.3 Å². The van der Waals surface area contributed by atoms with Gasteiger partial charge in [0.2, 0.25) is 15.9 Å². The van der Waals surface area contributed by atoms with Crippen LogP contribution in [0.1, 0.15) is 23.2 Å². The molecule has 0 saturated carbocycles. The third-order valence-electron chi connectivity index (χ3n) is 3.18. The molecule has 0 spiro atoms. The summed E-state index contributed by atoms with van der Waals surface area (Å²) in [7, 11) is -2.11. The van der Waals surface area contributed by atoms with E-state index in [9.17, 15) is 13.2 Å². The Morgan fingerprint density at radius 2 is 1.96 bits per heavy atom. The second kappa shape index (κ2) is 7.65. The second-order valence-corrected chi connectivity index (χ2v) is 7.85. The van der Waals surface area contributed by atoms with Gasteiger partial charge >= 0.3 is 0 Å². The normalized spacial score (nSPS) is 12.2. The predicted molar refractivity (Wildman–Crippen MR) is 93.6 cm³/mol. The topological polar surface area (TPSA) is 101 Å². The molecule has 2 N–H and O–H groups in total. The lowest BCUT2D eigenvalue weighted by molar-refractivity contribution is -0.120. The maximum absolute atomic E-state index is 11.8. The fraction of sp³-hybridized carbons (Fsp3) is 0.267. The Kier molecular flexibility index (Phi) is 5.81. The van der Waals surface area contributed by atoms with E-state index in [0.717, 1.165) is 16.3 Å². The molecule has 0 unspecified atom stereocenters. The number of nitrogens with zero attached hydrogens (tertiary/aromatic N) is 2. The average molecular weight is 366 g/mol. The number of aromatic nitrogens is 1. The minimum Gasteiger partial charge on any atom is -0.273 e. The number of aryl methyl sites for hydroxylation is 1. The highest BCUT2D eigenvalue weighted by Gasteiger charge is 2.11. The lowest BCUT2D eigenvalue weighted by atomic mass is 10.1. The van der Waals surface area contributed by atoms with Crippen molar-refractivity contribution in [2.75, 3.05) is 7.05 Å². The van der Waals surface area contributed by atoms with E-state index in [-0.39, 0.29) is 17.2 Å². The van der Waals surface area contributed by atoms with E-state index in [1.165, 1.54) is 30.5 Å². The van der Waals surface area contributed by atoms with Crippen molar-refractivity contribution >= 4 is 33.0 Å². The van der Waals surface area contributed by atoms with Gasteiger partial charge in [-0.1, -0.05) is 12.1 Å². The van der Waals surface area contributed by atoms with Crippen LogP contribution in [0.25, 0.3) is 0 Å². The van der Waals surface area contributed by atoms with Crippen LogP contribution in [0.4, 0.5) is 0 Å². The zero-order valence-corrected chi connectivity index (χ0v) is 15.2. The van der Waals surface area contributed by atoms with Gasteiger partial charge in [-0.3, -0.25) is 4.79 Å². The van der Waals surface area contributed by atoms with E-state index in [1.54, 1.807) is 19.1 Å². The smallest absolute Gasteiger partial charge is 0.246 e. The fourth-order valence-electron chi connectivity index (χ4n) is 1.86. The molecule has 7 nitrogen and oxygen atoms in total. The molecule has 0 aliphatic rings. The third-order valence-corrected chi connectivity index (χ3v) is 5.57. The zero-order chi connectivity index (χ0) is 17.7. The van der Waals surface area contributed by atoms with E-state index in [4.69, 9.17) is 0 Å². The summed E-state index contributed by atoms with van der Waals surface area (Å²) in [5, 5.41) is 6.66. The lowest BCUT2D eigenvalue weighted by Crippen LogP contribution is -2.21. The summed E-state index contributed by atoms with van der Waals surface area (Å²) in [5.41, 5.74) is 4.66. The van der Waals surface area contributed by atoms with Crippen molar-refractivity contribution in [2.24, 2.45) is 5.10 Å². The van der Waals surface area contributed by atoms with Gasteiger partial charge in [-0.05, 0) is 38.6 Å². The summed E-state index contributed by atoms with van der Waals surface area (Å²) in [5.74, 6) is -0.252. The molecule has 0 bridgehead atoms. The maximum Gasteiger partial charge on any atom is 0.246 e. The quantitative estimate of drug-likeness (QED) is 0.597. The summed E-state index contributed by atoms with van der Waals surface area (Å²) in [6.45, 7) is 3.60. The molecule has 0 radical (unpaired) electrons. The van der Waals surface area contributed by atoms with Crippen molar-refractivity contribution in [3.63, 3.8) is 0 Å². The number of thiazole rings is 1. The molecular formula is C15H18N4O3S2. The van der Waals surface area contributed by atoms with Gasteiger partial charge in [0, 0.05) is 11.1 Å². The van der Waals surface area contributed by atoms with Crippen LogP contribution >= 0.6 is 11.3 Å². The van der Waals surface area contributed by atoms with Crippen molar-refractivity contribution in [3.8, 4) is 0 Å². The molecule has 128 valence electrons. The summed E-state index contributed by atoms with van der Waals surface area (Å²) in [4.78, 5) is 16.2. The molecule has 24 heavy (non-hydrogen) atoms. The van der Waals surface area contributed by atoms with Crippen LogP contribution in [0.2, 0.25) is 0 Å².